The molecule has 1 N–H and O–H groups in total. The second kappa shape index (κ2) is 11.6. The average molecular weight is 486 g/mol. The Bertz CT molecular complexity index is 920. The molecule has 1 aliphatic heterocycles. The van der Waals surface area contributed by atoms with Crippen LogP contribution in [0, 0.1) is 0 Å². The van der Waals surface area contributed by atoms with Gasteiger partial charge in [0, 0.05) is 27.7 Å². The molecule has 11 nitrogen and oxygen atoms in total. The molecule has 1 saturated heterocycles. The van der Waals surface area contributed by atoms with Crippen molar-refractivity contribution in [3.63, 3.8) is 0 Å². The van der Waals surface area contributed by atoms with Gasteiger partial charge in [0.05, 0.1) is 10.6 Å². The van der Waals surface area contributed by atoms with E-state index in [2.05, 4.69) is 5.32 Å². The number of amides is 1. The van der Waals surface area contributed by atoms with E-state index in [1.54, 1.807) is 12.1 Å². The summed E-state index contributed by atoms with van der Waals surface area (Å²) in [4.78, 5) is 59.6. The van der Waals surface area contributed by atoms with Gasteiger partial charge in [-0.3, -0.25) is 24.0 Å². The smallest absolute Gasteiger partial charge is 0.305 e. The average Bonchev–Trinajstić information content (AvgIpc) is 2.70. The van der Waals surface area contributed by atoms with Crippen molar-refractivity contribution in [1.82, 2.24) is 5.32 Å². The number of benzene rings is 1. The summed E-state index contributed by atoms with van der Waals surface area (Å²) in [6.45, 7) is 4.08. The fourth-order valence-electron chi connectivity index (χ4n) is 3.19. The van der Waals surface area contributed by atoms with Crippen molar-refractivity contribution in [1.29, 1.82) is 0 Å². The monoisotopic (exact) mass is 485 g/mol. The number of nitrogens with one attached hydrogen (secondary N) is 1. The molecule has 12 heteroatoms. The fraction of sp³-hybridized carbons (Fsp3) is 0.476. The van der Waals surface area contributed by atoms with Crippen molar-refractivity contribution in [2.24, 2.45) is 0 Å². The quantitative estimate of drug-likeness (QED) is 0.441. The van der Waals surface area contributed by atoms with Gasteiger partial charge in [0.15, 0.2) is 12.2 Å². The van der Waals surface area contributed by atoms with Crippen LogP contribution in [0.15, 0.2) is 24.3 Å². The molecule has 5 atom stereocenters. The molecular weight excluding hydrogens is 462 g/mol. The summed E-state index contributed by atoms with van der Waals surface area (Å²) in [6, 6.07) is 4.86. The fourth-order valence-corrected chi connectivity index (χ4v) is 3.42. The molecule has 33 heavy (non-hydrogen) atoms. The maximum atomic E-state index is 12.9. The minimum atomic E-state index is -1.48. The third-order valence-electron chi connectivity index (χ3n) is 4.40. The molecule has 180 valence electrons. The lowest BCUT2D eigenvalue weighted by atomic mass is 9.95. The van der Waals surface area contributed by atoms with Gasteiger partial charge in [0.1, 0.15) is 18.8 Å². The Labute approximate surface area is 194 Å². The van der Waals surface area contributed by atoms with E-state index in [1.165, 1.54) is 12.1 Å². The summed E-state index contributed by atoms with van der Waals surface area (Å²) in [5, 5.41) is 2.72. The number of carbonyl (C=O) groups is 5. The number of hydrogen-bond acceptors (Lipinski definition) is 10. The normalized spacial score (nSPS) is 24.2. The Hall–Kier alpha value is -3.18. The summed E-state index contributed by atoms with van der Waals surface area (Å²) >= 11 is 6.09. The molecule has 1 fully saturated rings. The number of carbonyl (C=O) groups excluding carboxylic acids is 5. The number of ether oxygens (including phenoxy) is 5. The molecule has 0 aromatic heterocycles. The Morgan fingerprint density at radius 1 is 0.879 bits per heavy atom. The minimum Gasteiger partial charge on any atom is -0.463 e. The van der Waals surface area contributed by atoms with Gasteiger partial charge in [-0.05, 0) is 12.1 Å². The van der Waals surface area contributed by atoms with Crippen LogP contribution < -0.4 is 5.32 Å². The Morgan fingerprint density at radius 3 is 2.00 bits per heavy atom. The van der Waals surface area contributed by atoms with Gasteiger partial charge >= 0.3 is 23.9 Å². The standard InChI is InChI=1S/C21H24ClNO10/c1-10(24)29-9-16-18(30-11(2)25)19(31-12(3)26)17(21(33-16)32-13(4)27)23-20(28)14-7-5-6-8-15(14)22/h5-8,16-19,21H,9H2,1-4H3,(H,23,28)/t16-,17+,18-,19-,21-/m1/s1. The van der Waals surface area contributed by atoms with E-state index in [-0.39, 0.29) is 10.6 Å². The molecule has 1 amide bonds. The van der Waals surface area contributed by atoms with Gasteiger partial charge in [0.25, 0.3) is 5.91 Å². The van der Waals surface area contributed by atoms with Crippen molar-refractivity contribution >= 4 is 41.4 Å². The predicted molar refractivity (Wildman–Crippen MR) is 111 cm³/mol. The van der Waals surface area contributed by atoms with E-state index in [1.807, 2.05) is 0 Å². The lowest BCUT2D eigenvalue weighted by Gasteiger charge is -2.44. The van der Waals surface area contributed by atoms with E-state index in [9.17, 15) is 24.0 Å². The second-order valence-electron chi connectivity index (χ2n) is 7.08. The van der Waals surface area contributed by atoms with Crippen LogP contribution >= 0.6 is 11.6 Å². The van der Waals surface area contributed by atoms with Gasteiger partial charge in [-0.2, -0.15) is 0 Å². The van der Waals surface area contributed by atoms with Gasteiger partial charge in [-0.15, -0.1) is 0 Å². The highest BCUT2D eigenvalue weighted by Crippen LogP contribution is 2.28. The molecule has 1 aliphatic rings. The van der Waals surface area contributed by atoms with Gasteiger partial charge in [-0.25, -0.2) is 0 Å². The van der Waals surface area contributed by atoms with Crippen LogP contribution in [0.4, 0.5) is 0 Å². The molecule has 0 saturated carbocycles. The summed E-state index contributed by atoms with van der Waals surface area (Å²) in [7, 11) is 0. The van der Waals surface area contributed by atoms with Crippen molar-refractivity contribution in [3.8, 4) is 0 Å². The molecule has 0 spiro atoms. The summed E-state index contributed by atoms with van der Waals surface area (Å²) in [6.07, 6.45) is -5.34. The third-order valence-corrected chi connectivity index (χ3v) is 4.73. The molecular formula is C21H24ClNO10. The topological polar surface area (TPSA) is 144 Å². The molecule has 1 heterocycles. The first-order chi connectivity index (χ1) is 15.5. The van der Waals surface area contributed by atoms with Crippen molar-refractivity contribution in [3.05, 3.63) is 34.9 Å². The summed E-state index contributed by atoms with van der Waals surface area (Å²) < 4.78 is 26.5. The van der Waals surface area contributed by atoms with Crippen LogP contribution in [0.2, 0.25) is 5.02 Å². The minimum absolute atomic E-state index is 0.0911. The SMILES string of the molecule is CC(=O)OC[C@H]1O[C@@H](OC(C)=O)[C@@H](NC(=O)c2ccccc2Cl)[C@@H](OC(C)=O)[C@@H]1OC(C)=O. The third kappa shape index (κ3) is 7.43. The zero-order valence-electron chi connectivity index (χ0n) is 18.4. The van der Waals surface area contributed by atoms with Crippen molar-refractivity contribution < 1.29 is 47.7 Å². The second-order valence-corrected chi connectivity index (χ2v) is 7.49. The van der Waals surface area contributed by atoms with Crippen LogP contribution in [-0.2, 0) is 42.9 Å². The van der Waals surface area contributed by atoms with Crippen molar-refractivity contribution in [2.75, 3.05) is 6.61 Å². The maximum absolute atomic E-state index is 12.9. The summed E-state index contributed by atoms with van der Waals surface area (Å²) in [5.41, 5.74) is 0.0911. The molecule has 1 aromatic carbocycles. The first kappa shape index (κ1) is 26.1. The van der Waals surface area contributed by atoms with E-state index >= 15 is 0 Å². The molecule has 1 aromatic rings. The van der Waals surface area contributed by atoms with Gasteiger partial charge < -0.3 is 29.0 Å². The highest BCUT2D eigenvalue weighted by molar-refractivity contribution is 6.33. The lowest BCUT2D eigenvalue weighted by molar-refractivity contribution is -0.270. The molecule has 0 bridgehead atoms. The first-order valence-corrected chi connectivity index (χ1v) is 10.2. The highest BCUT2D eigenvalue weighted by atomic mass is 35.5. The van der Waals surface area contributed by atoms with Crippen LogP contribution in [0.3, 0.4) is 0 Å². The number of rotatable bonds is 7. The van der Waals surface area contributed by atoms with Gasteiger partial charge in [-0.1, -0.05) is 23.7 Å². The van der Waals surface area contributed by atoms with E-state index in [4.69, 9.17) is 35.3 Å². The Balaban J connectivity index is 2.47. The Kier molecular flexibility index (Phi) is 9.18. The van der Waals surface area contributed by atoms with Crippen LogP contribution in [-0.4, -0.2) is 67.0 Å². The lowest BCUT2D eigenvalue weighted by Crippen LogP contribution is -2.67. The molecule has 0 radical (unpaired) electrons. The van der Waals surface area contributed by atoms with Crippen LogP contribution in [0.25, 0.3) is 0 Å². The largest absolute Gasteiger partial charge is 0.463 e. The molecule has 0 aliphatic carbocycles. The summed E-state index contributed by atoms with van der Waals surface area (Å²) in [5.74, 6) is -3.64. The maximum Gasteiger partial charge on any atom is 0.305 e. The van der Waals surface area contributed by atoms with Crippen LogP contribution in [0.1, 0.15) is 38.1 Å². The zero-order chi connectivity index (χ0) is 24.7. The van der Waals surface area contributed by atoms with Gasteiger partial charge in [0.2, 0.25) is 6.29 Å². The molecule has 2 rings (SSSR count). The zero-order valence-corrected chi connectivity index (χ0v) is 19.1. The van der Waals surface area contributed by atoms with Crippen LogP contribution in [0.5, 0.6) is 0 Å². The van der Waals surface area contributed by atoms with E-state index < -0.39 is 67.0 Å². The van der Waals surface area contributed by atoms with E-state index in [0.29, 0.717) is 0 Å². The molecule has 0 unspecified atom stereocenters. The first-order valence-electron chi connectivity index (χ1n) is 9.85. The number of hydrogen-bond donors (Lipinski definition) is 1. The van der Waals surface area contributed by atoms with Crippen molar-refractivity contribution in [2.45, 2.75) is 58.3 Å². The Morgan fingerprint density at radius 2 is 1.45 bits per heavy atom. The number of halogens is 1. The van der Waals surface area contributed by atoms with E-state index in [0.717, 1.165) is 27.7 Å². The predicted octanol–water partition coefficient (Wildman–Crippen LogP) is 1.15. The highest BCUT2D eigenvalue weighted by Gasteiger charge is 2.52. The number of esters is 4.